The van der Waals surface area contributed by atoms with Crippen LogP contribution in [0, 0.1) is 23.7 Å². The lowest BCUT2D eigenvalue weighted by Gasteiger charge is -2.42. The molecule has 3 heterocycles. The minimum atomic E-state index is -0.309. The van der Waals surface area contributed by atoms with Gasteiger partial charge in [0.2, 0.25) is 0 Å². The summed E-state index contributed by atoms with van der Waals surface area (Å²) in [5, 5.41) is 0. The number of hydrogen-bond acceptors (Lipinski definition) is 4. The predicted octanol–water partition coefficient (Wildman–Crippen LogP) is 7.03. The van der Waals surface area contributed by atoms with Gasteiger partial charge in [-0.05, 0) is 63.2 Å². The summed E-state index contributed by atoms with van der Waals surface area (Å²) in [5.74, 6) is 1.32. The second-order valence-electron chi connectivity index (χ2n) is 10.8. The van der Waals surface area contributed by atoms with E-state index in [-0.39, 0.29) is 29.9 Å². The molecule has 3 saturated heterocycles. The molecule has 0 aromatic rings. The van der Waals surface area contributed by atoms with E-state index >= 15 is 0 Å². The molecule has 0 spiro atoms. The van der Waals surface area contributed by atoms with Crippen LogP contribution in [0.2, 0.25) is 0 Å². The number of hydrogen-bond donors (Lipinski definition) is 0. The zero-order valence-electron chi connectivity index (χ0n) is 20.8. The Balaban J connectivity index is 1.77. The first-order valence-electron chi connectivity index (χ1n) is 14.0. The minimum Gasteiger partial charge on any atom is -0.466 e. The number of esters is 1. The summed E-state index contributed by atoms with van der Waals surface area (Å²) in [6, 6.07) is 0. The second kappa shape index (κ2) is 13.7. The predicted molar refractivity (Wildman–Crippen MR) is 128 cm³/mol. The van der Waals surface area contributed by atoms with Crippen molar-refractivity contribution in [1.82, 2.24) is 0 Å². The average Bonchev–Trinajstić information content (AvgIpc) is 2.77. The van der Waals surface area contributed by atoms with Gasteiger partial charge in [0.05, 0.1) is 18.6 Å². The minimum absolute atomic E-state index is 0.167. The molecule has 0 N–H and O–H groups in total. The molecule has 4 nitrogen and oxygen atoms in total. The maximum Gasteiger partial charge on any atom is 0.309 e. The number of Topliss-reactive ketones (excluding diaryl/α,β-unsaturated/α-hetero) is 1. The van der Waals surface area contributed by atoms with Gasteiger partial charge < -0.3 is 9.47 Å². The molecule has 6 rings (SSSR count). The van der Waals surface area contributed by atoms with E-state index in [0.717, 1.165) is 44.4 Å². The Bertz CT molecular complexity index is 560. The van der Waals surface area contributed by atoms with Crippen LogP contribution in [0.15, 0.2) is 0 Å². The van der Waals surface area contributed by atoms with E-state index in [1.807, 2.05) is 6.92 Å². The van der Waals surface area contributed by atoms with Crippen LogP contribution in [0.25, 0.3) is 0 Å². The molecular formula is C28H48O4. The van der Waals surface area contributed by atoms with E-state index in [9.17, 15) is 9.59 Å². The summed E-state index contributed by atoms with van der Waals surface area (Å²) in [4.78, 5) is 26.2. The summed E-state index contributed by atoms with van der Waals surface area (Å²) in [6.07, 6.45) is 19.4. The van der Waals surface area contributed by atoms with E-state index in [1.54, 1.807) is 0 Å². The molecule has 4 bridgehead atoms. The Morgan fingerprint density at radius 2 is 1.56 bits per heavy atom. The topological polar surface area (TPSA) is 52.6 Å². The SMILES string of the molecule is CCCCC(CC(=O)C1OC2CCC1CC1CCCCCC2CCCCC1)C(=O)OCC. The Kier molecular flexibility index (Phi) is 11.0. The normalized spacial score (nSPS) is 32.6. The lowest BCUT2D eigenvalue weighted by atomic mass is 9.74. The van der Waals surface area contributed by atoms with Crippen LogP contribution >= 0.6 is 0 Å². The number of ketones is 1. The van der Waals surface area contributed by atoms with Crippen LogP contribution in [-0.2, 0) is 19.1 Å². The molecule has 3 aliphatic heterocycles. The van der Waals surface area contributed by atoms with Crippen molar-refractivity contribution >= 4 is 11.8 Å². The van der Waals surface area contributed by atoms with E-state index in [4.69, 9.17) is 9.47 Å². The van der Waals surface area contributed by atoms with Gasteiger partial charge in [-0.3, -0.25) is 9.59 Å². The Morgan fingerprint density at radius 1 is 0.875 bits per heavy atom. The second-order valence-corrected chi connectivity index (χ2v) is 10.8. The van der Waals surface area contributed by atoms with Crippen LogP contribution < -0.4 is 0 Å². The largest absolute Gasteiger partial charge is 0.466 e. The Morgan fingerprint density at radius 3 is 2.22 bits per heavy atom. The van der Waals surface area contributed by atoms with Gasteiger partial charge >= 0.3 is 5.97 Å². The first-order chi connectivity index (χ1) is 15.6. The van der Waals surface area contributed by atoms with Gasteiger partial charge in [0.1, 0.15) is 6.10 Å². The van der Waals surface area contributed by atoms with Gasteiger partial charge in [-0.15, -0.1) is 0 Å². The van der Waals surface area contributed by atoms with Crippen molar-refractivity contribution in [2.24, 2.45) is 23.7 Å². The average molecular weight is 449 g/mol. The van der Waals surface area contributed by atoms with Crippen LogP contribution in [0.1, 0.15) is 123 Å². The van der Waals surface area contributed by atoms with Gasteiger partial charge in [0.15, 0.2) is 5.78 Å². The highest BCUT2D eigenvalue weighted by atomic mass is 16.5. The highest BCUT2D eigenvalue weighted by molar-refractivity contribution is 5.88. The van der Waals surface area contributed by atoms with Crippen LogP contribution in [0.4, 0.5) is 0 Å². The van der Waals surface area contributed by atoms with E-state index in [1.165, 1.54) is 64.2 Å². The van der Waals surface area contributed by atoms with Crippen LogP contribution in [-0.4, -0.2) is 30.6 Å². The summed E-state index contributed by atoms with van der Waals surface area (Å²) in [6.45, 7) is 4.35. The maximum absolute atomic E-state index is 13.6. The monoisotopic (exact) mass is 448 g/mol. The number of carbonyl (C=O) groups excluding carboxylic acids is 2. The lowest BCUT2D eigenvalue weighted by Crippen LogP contribution is -2.45. The summed E-state index contributed by atoms with van der Waals surface area (Å²) < 4.78 is 12.0. The zero-order valence-corrected chi connectivity index (χ0v) is 20.8. The van der Waals surface area contributed by atoms with Gasteiger partial charge in [-0.2, -0.15) is 0 Å². The smallest absolute Gasteiger partial charge is 0.309 e. The van der Waals surface area contributed by atoms with Crippen LogP contribution in [0.5, 0.6) is 0 Å². The number of ether oxygens (including phenoxy) is 2. The van der Waals surface area contributed by atoms with E-state index in [0.29, 0.717) is 24.9 Å². The Labute approximate surface area is 196 Å². The molecule has 6 aliphatic rings. The fourth-order valence-corrected chi connectivity index (χ4v) is 6.55. The highest BCUT2D eigenvalue weighted by Gasteiger charge is 2.41. The van der Waals surface area contributed by atoms with Crippen molar-refractivity contribution in [3.05, 3.63) is 0 Å². The summed E-state index contributed by atoms with van der Waals surface area (Å²) in [5.41, 5.74) is 0. The van der Waals surface area contributed by atoms with Gasteiger partial charge in [-0.25, -0.2) is 0 Å². The quantitative estimate of drug-likeness (QED) is 0.374. The molecule has 32 heavy (non-hydrogen) atoms. The zero-order chi connectivity index (χ0) is 22.8. The number of unbranched alkanes of at least 4 members (excludes halogenated alkanes) is 1. The fourth-order valence-electron chi connectivity index (χ4n) is 6.55. The van der Waals surface area contributed by atoms with Crippen molar-refractivity contribution in [2.75, 3.05) is 6.61 Å². The summed E-state index contributed by atoms with van der Waals surface area (Å²) in [7, 11) is 0. The molecule has 4 unspecified atom stereocenters. The number of rotatable bonds is 8. The fraction of sp³-hybridized carbons (Fsp3) is 0.929. The molecule has 4 atom stereocenters. The van der Waals surface area contributed by atoms with Crippen LogP contribution in [0.3, 0.4) is 0 Å². The maximum atomic E-state index is 13.6. The Hall–Kier alpha value is -0.900. The molecule has 3 aliphatic carbocycles. The molecular weight excluding hydrogens is 400 g/mol. The third-order valence-corrected chi connectivity index (χ3v) is 8.40. The van der Waals surface area contributed by atoms with Crippen molar-refractivity contribution in [2.45, 2.75) is 135 Å². The molecule has 3 saturated carbocycles. The molecule has 0 amide bonds. The molecule has 184 valence electrons. The molecule has 0 aromatic heterocycles. The van der Waals surface area contributed by atoms with Crippen molar-refractivity contribution < 1.29 is 19.1 Å². The third-order valence-electron chi connectivity index (χ3n) is 8.40. The van der Waals surface area contributed by atoms with E-state index in [2.05, 4.69) is 6.92 Å². The molecule has 0 radical (unpaired) electrons. The molecule has 4 heteroatoms. The van der Waals surface area contributed by atoms with Gasteiger partial charge in [-0.1, -0.05) is 71.1 Å². The van der Waals surface area contributed by atoms with Crippen molar-refractivity contribution in [3.63, 3.8) is 0 Å². The van der Waals surface area contributed by atoms with Crippen molar-refractivity contribution in [1.29, 1.82) is 0 Å². The standard InChI is InChI=1S/C28H48O4/c1-3-5-14-24(28(30)31-4-2)20-25(29)27-23-17-18-26(32-27)22-15-10-6-8-12-21(19-23)13-9-7-11-16-22/h21-24,26-27H,3-20H2,1-2H3. The van der Waals surface area contributed by atoms with Gasteiger partial charge in [0, 0.05) is 6.42 Å². The molecule has 6 fully saturated rings. The van der Waals surface area contributed by atoms with E-state index < -0.39 is 0 Å². The lowest BCUT2D eigenvalue weighted by molar-refractivity contribution is -0.160. The van der Waals surface area contributed by atoms with Crippen molar-refractivity contribution in [3.8, 4) is 0 Å². The first kappa shape index (κ1) is 25.7. The summed E-state index contributed by atoms with van der Waals surface area (Å²) >= 11 is 0. The number of carbonyl (C=O) groups is 2. The first-order valence-corrected chi connectivity index (χ1v) is 14.0. The van der Waals surface area contributed by atoms with Gasteiger partial charge in [0.25, 0.3) is 0 Å². The molecule has 0 aromatic carbocycles. The highest BCUT2D eigenvalue weighted by Crippen LogP contribution is 2.40. The third kappa shape index (κ3) is 7.57.